The first-order valence-electron chi connectivity index (χ1n) is 4.88. The third kappa shape index (κ3) is 4.48. The lowest BCUT2D eigenvalue weighted by atomic mass is 10.2. The first-order chi connectivity index (χ1) is 6.61. The third-order valence-corrected chi connectivity index (χ3v) is 2.22. The van der Waals surface area contributed by atoms with Gasteiger partial charge in [-0.3, -0.25) is 9.59 Å². The van der Waals surface area contributed by atoms with Crippen LogP contribution < -0.4 is 10.6 Å². The summed E-state index contributed by atoms with van der Waals surface area (Å²) in [5.74, 6) is -0.164. The number of amides is 2. The summed E-state index contributed by atoms with van der Waals surface area (Å²) in [7, 11) is 0. The SMILES string of the molecule is CC(=O)NC(C)C(=O)N1CCNCC1.Cl. The number of hydrogen-bond acceptors (Lipinski definition) is 3. The van der Waals surface area contributed by atoms with Crippen LogP contribution in [-0.2, 0) is 9.59 Å². The van der Waals surface area contributed by atoms with Crippen LogP contribution in [0, 0.1) is 0 Å². The minimum atomic E-state index is -0.411. The van der Waals surface area contributed by atoms with E-state index in [0.29, 0.717) is 0 Å². The molecule has 1 unspecified atom stereocenters. The van der Waals surface area contributed by atoms with Crippen LogP contribution in [-0.4, -0.2) is 48.9 Å². The van der Waals surface area contributed by atoms with Gasteiger partial charge in [-0.15, -0.1) is 12.4 Å². The zero-order chi connectivity index (χ0) is 10.6. The van der Waals surface area contributed by atoms with Crippen molar-refractivity contribution in [2.45, 2.75) is 19.9 Å². The summed E-state index contributed by atoms with van der Waals surface area (Å²) in [6.45, 7) is 6.25. The van der Waals surface area contributed by atoms with Crippen molar-refractivity contribution in [2.75, 3.05) is 26.2 Å². The Morgan fingerprint density at radius 2 is 1.87 bits per heavy atom. The molecule has 1 saturated heterocycles. The number of hydrogen-bond donors (Lipinski definition) is 2. The zero-order valence-corrected chi connectivity index (χ0v) is 9.89. The molecule has 1 atom stereocenters. The molecule has 15 heavy (non-hydrogen) atoms. The zero-order valence-electron chi connectivity index (χ0n) is 9.08. The van der Waals surface area contributed by atoms with Crippen LogP contribution in [0.1, 0.15) is 13.8 Å². The van der Waals surface area contributed by atoms with E-state index in [1.807, 2.05) is 0 Å². The summed E-state index contributed by atoms with van der Waals surface area (Å²) in [6, 6.07) is -0.411. The molecule has 0 aromatic carbocycles. The lowest BCUT2D eigenvalue weighted by molar-refractivity contribution is -0.136. The Balaban J connectivity index is 0.00000196. The average molecular weight is 236 g/mol. The molecule has 0 aromatic heterocycles. The molecule has 0 bridgehead atoms. The predicted octanol–water partition coefficient (Wildman–Crippen LogP) is -0.635. The number of nitrogens with zero attached hydrogens (tertiary/aromatic N) is 1. The summed E-state index contributed by atoms with van der Waals surface area (Å²) in [4.78, 5) is 24.2. The summed E-state index contributed by atoms with van der Waals surface area (Å²) < 4.78 is 0. The van der Waals surface area contributed by atoms with Crippen molar-refractivity contribution in [3.05, 3.63) is 0 Å². The molecular formula is C9H18ClN3O2. The molecule has 6 heteroatoms. The van der Waals surface area contributed by atoms with Crippen molar-refractivity contribution in [1.82, 2.24) is 15.5 Å². The van der Waals surface area contributed by atoms with E-state index in [0.717, 1.165) is 26.2 Å². The minimum absolute atomic E-state index is 0. The smallest absolute Gasteiger partial charge is 0.244 e. The first kappa shape index (κ1) is 14.2. The van der Waals surface area contributed by atoms with Gasteiger partial charge in [0.25, 0.3) is 0 Å². The van der Waals surface area contributed by atoms with Crippen LogP contribution in [0.15, 0.2) is 0 Å². The molecule has 0 aliphatic carbocycles. The lowest BCUT2D eigenvalue weighted by Gasteiger charge is -2.29. The molecule has 1 heterocycles. The van der Waals surface area contributed by atoms with Crippen molar-refractivity contribution < 1.29 is 9.59 Å². The van der Waals surface area contributed by atoms with E-state index in [9.17, 15) is 9.59 Å². The topological polar surface area (TPSA) is 61.4 Å². The monoisotopic (exact) mass is 235 g/mol. The normalized spacial score (nSPS) is 17.6. The highest BCUT2D eigenvalue weighted by atomic mass is 35.5. The lowest BCUT2D eigenvalue weighted by Crippen LogP contribution is -2.52. The number of carbonyl (C=O) groups is 2. The Kier molecular flexibility index (Phi) is 6.27. The van der Waals surface area contributed by atoms with E-state index in [1.54, 1.807) is 11.8 Å². The third-order valence-electron chi connectivity index (χ3n) is 2.22. The number of carbonyl (C=O) groups excluding carboxylic acids is 2. The number of nitrogens with one attached hydrogen (secondary N) is 2. The minimum Gasteiger partial charge on any atom is -0.345 e. The van der Waals surface area contributed by atoms with Crippen LogP contribution in [0.3, 0.4) is 0 Å². The van der Waals surface area contributed by atoms with E-state index in [2.05, 4.69) is 10.6 Å². The van der Waals surface area contributed by atoms with Gasteiger partial charge in [-0.25, -0.2) is 0 Å². The molecule has 88 valence electrons. The van der Waals surface area contributed by atoms with Crippen molar-refractivity contribution in [3.8, 4) is 0 Å². The predicted molar refractivity (Wildman–Crippen MR) is 60.0 cm³/mol. The molecule has 5 nitrogen and oxygen atoms in total. The molecule has 1 aliphatic rings. The van der Waals surface area contributed by atoms with Crippen LogP contribution in [0.4, 0.5) is 0 Å². The summed E-state index contributed by atoms with van der Waals surface area (Å²) in [5.41, 5.74) is 0. The number of halogens is 1. The molecule has 1 rings (SSSR count). The van der Waals surface area contributed by atoms with Gasteiger partial charge in [-0.1, -0.05) is 0 Å². The van der Waals surface area contributed by atoms with Gasteiger partial charge in [0.15, 0.2) is 0 Å². The van der Waals surface area contributed by atoms with Crippen LogP contribution >= 0.6 is 12.4 Å². The quantitative estimate of drug-likeness (QED) is 0.670. The van der Waals surface area contributed by atoms with Gasteiger partial charge >= 0.3 is 0 Å². The second-order valence-corrected chi connectivity index (χ2v) is 3.50. The van der Waals surface area contributed by atoms with Gasteiger partial charge in [0.1, 0.15) is 6.04 Å². The maximum absolute atomic E-state index is 11.7. The number of piperazine rings is 1. The fourth-order valence-electron chi connectivity index (χ4n) is 1.53. The highest BCUT2D eigenvalue weighted by Crippen LogP contribution is 1.97. The van der Waals surface area contributed by atoms with E-state index in [4.69, 9.17) is 0 Å². The van der Waals surface area contributed by atoms with Gasteiger partial charge < -0.3 is 15.5 Å². The number of rotatable bonds is 2. The van der Waals surface area contributed by atoms with Crippen molar-refractivity contribution in [3.63, 3.8) is 0 Å². The molecule has 1 aliphatic heterocycles. The van der Waals surface area contributed by atoms with E-state index in [-0.39, 0.29) is 24.2 Å². The standard InChI is InChI=1S/C9H17N3O2.ClH/c1-7(11-8(2)13)9(14)12-5-3-10-4-6-12;/h7,10H,3-6H2,1-2H3,(H,11,13);1H. The molecule has 0 radical (unpaired) electrons. The van der Waals surface area contributed by atoms with Crippen molar-refractivity contribution >= 4 is 24.2 Å². The summed E-state index contributed by atoms with van der Waals surface area (Å²) in [6.07, 6.45) is 0. The van der Waals surface area contributed by atoms with E-state index in [1.165, 1.54) is 6.92 Å². The van der Waals surface area contributed by atoms with Crippen LogP contribution in [0.5, 0.6) is 0 Å². The Bertz CT molecular complexity index is 229. The van der Waals surface area contributed by atoms with Crippen molar-refractivity contribution in [1.29, 1.82) is 0 Å². The summed E-state index contributed by atoms with van der Waals surface area (Å²) >= 11 is 0. The Morgan fingerprint density at radius 1 is 1.33 bits per heavy atom. The molecule has 2 amide bonds. The second-order valence-electron chi connectivity index (χ2n) is 3.50. The van der Waals surface area contributed by atoms with Gasteiger partial charge in [-0.05, 0) is 6.92 Å². The molecule has 2 N–H and O–H groups in total. The molecule has 0 spiro atoms. The van der Waals surface area contributed by atoms with Gasteiger partial charge in [-0.2, -0.15) is 0 Å². The summed E-state index contributed by atoms with van der Waals surface area (Å²) in [5, 5.41) is 5.76. The average Bonchev–Trinajstić information content (AvgIpc) is 2.17. The largest absolute Gasteiger partial charge is 0.345 e. The van der Waals surface area contributed by atoms with E-state index >= 15 is 0 Å². The van der Waals surface area contributed by atoms with Crippen LogP contribution in [0.25, 0.3) is 0 Å². The highest BCUT2D eigenvalue weighted by Gasteiger charge is 2.21. The molecule has 0 saturated carbocycles. The Morgan fingerprint density at radius 3 is 2.33 bits per heavy atom. The van der Waals surface area contributed by atoms with Gasteiger partial charge in [0.2, 0.25) is 11.8 Å². The molecule has 1 fully saturated rings. The molecular weight excluding hydrogens is 218 g/mol. The van der Waals surface area contributed by atoms with Crippen LogP contribution in [0.2, 0.25) is 0 Å². The van der Waals surface area contributed by atoms with E-state index < -0.39 is 6.04 Å². The molecule has 0 aromatic rings. The fraction of sp³-hybridized carbons (Fsp3) is 0.778. The fourth-order valence-corrected chi connectivity index (χ4v) is 1.53. The maximum atomic E-state index is 11.7. The second kappa shape index (κ2) is 6.63. The highest BCUT2D eigenvalue weighted by molar-refractivity contribution is 5.86. The van der Waals surface area contributed by atoms with Crippen molar-refractivity contribution in [2.24, 2.45) is 0 Å². The Labute approximate surface area is 96.0 Å². The maximum Gasteiger partial charge on any atom is 0.244 e. The Hall–Kier alpha value is -0.810. The first-order valence-corrected chi connectivity index (χ1v) is 4.88. The van der Waals surface area contributed by atoms with Gasteiger partial charge in [0.05, 0.1) is 0 Å². The van der Waals surface area contributed by atoms with Gasteiger partial charge in [0, 0.05) is 33.1 Å².